The molecule has 0 radical (unpaired) electrons. The van der Waals surface area contributed by atoms with E-state index in [1.807, 2.05) is 32.0 Å². The zero-order chi connectivity index (χ0) is 21.8. The van der Waals surface area contributed by atoms with Crippen LogP contribution in [0.15, 0.2) is 30.3 Å². The van der Waals surface area contributed by atoms with E-state index in [0.29, 0.717) is 25.9 Å². The first-order valence-electron chi connectivity index (χ1n) is 9.77. The Morgan fingerprint density at radius 1 is 1.03 bits per heavy atom. The normalized spacial score (nSPS) is 14.3. The molecular weight excluding hydrogens is 388 g/mol. The number of nitrogens with zero attached hydrogens (tertiary/aromatic N) is 2. The van der Waals surface area contributed by atoms with E-state index in [0.717, 1.165) is 16.9 Å². The van der Waals surface area contributed by atoms with E-state index in [9.17, 15) is 14.9 Å². The minimum Gasteiger partial charge on any atom is -0.493 e. The molecule has 2 aromatic carbocycles. The number of aryl methyl sites for hydroxylation is 2. The predicted octanol–water partition coefficient (Wildman–Crippen LogP) is 3.91. The summed E-state index contributed by atoms with van der Waals surface area (Å²) in [6.45, 7) is 4.94. The molecule has 3 rings (SSSR count). The van der Waals surface area contributed by atoms with E-state index in [-0.39, 0.29) is 28.9 Å². The summed E-state index contributed by atoms with van der Waals surface area (Å²) in [5.41, 5.74) is 1.89. The summed E-state index contributed by atoms with van der Waals surface area (Å²) in [4.78, 5) is 25.6. The van der Waals surface area contributed by atoms with Gasteiger partial charge >= 0.3 is 0 Å². The molecule has 1 aliphatic rings. The number of methoxy groups -OCH3 is 2. The number of nitro benzene ring substituents is 1. The fraction of sp³-hybridized carbons (Fsp3) is 0.409. The third-order valence-electron chi connectivity index (χ3n) is 5.30. The number of carbonyl (C=O) groups excluding carboxylic acids is 1. The quantitative estimate of drug-likeness (QED) is 0.526. The van der Waals surface area contributed by atoms with E-state index in [1.165, 1.54) is 26.4 Å². The number of nitro groups is 1. The lowest BCUT2D eigenvalue weighted by molar-refractivity contribution is -0.385. The second kappa shape index (κ2) is 9.02. The van der Waals surface area contributed by atoms with Crippen LogP contribution in [-0.4, -0.2) is 49.1 Å². The van der Waals surface area contributed by atoms with Crippen LogP contribution in [0, 0.1) is 24.0 Å². The molecule has 8 heteroatoms. The van der Waals surface area contributed by atoms with Crippen molar-refractivity contribution in [3.8, 4) is 17.2 Å². The molecule has 2 aromatic rings. The summed E-state index contributed by atoms with van der Waals surface area (Å²) in [6.07, 6.45) is 1.30. The van der Waals surface area contributed by atoms with Gasteiger partial charge in [-0.15, -0.1) is 0 Å². The van der Waals surface area contributed by atoms with E-state index in [1.54, 1.807) is 4.90 Å². The Labute approximate surface area is 175 Å². The lowest BCUT2D eigenvalue weighted by atomic mass is 10.0. The molecule has 1 saturated heterocycles. The van der Waals surface area contributed by atoms with Gasteiger partial charge in [-0.1, -0.05) is 12.1 Å². The third kappa shape index (κ3) is 4.48. The minimum atomic E-state index is -0.578. The topological polar surface area (TPSA) is 91.1 Å². The molecular formula is C22H26N2O6. The minimum absolute atomic E-state index is 0.00469. The second-order valence-electron chi connectivity index (χ2n) is 7.36. The summed E-state index contributed by atoms with van der Waals surface area (Å²) in [5.74, 6) is 0.948. The SMILES string of the molecule is COc1cc(C(=O)N2CCC(Oc3cc(C)ccc3C)CC2)c([N+](=O)[O-])cc1OC. The number of carbonyl (C=O) groups is 1. The van der Waals surface area contributed by atoms with Gasteiger partial charge in [0.1, 0.15) is 17.4 Å². The summed E-state index contributed by atoms with van der Waals surface area (Å²) in [7, 11) is 2.82. The largest absolute Gasteiger partial charge is 0.493 e. The maximum atomic E-state index is 13.0. The lowest BCUT2D eigenvalue weighted by Gasteiger charge is -2.32. The first-order chi connectivity index (χ1) is 14.3. The summed E-state index contributed by atoms with van der Waals surface area (Å²) < 4.78 is 16.5. The Hall–Kier alpha value is -3.29. The van der Waals surface area contributed by atoms with E-state index in [2.05, 4.69) is 0 Å². The highest BCUT2D eigenvalue weighted by molar-refractivity contribution is 5.99. The smallest absolute Gasteiger partial charge is 0.286 e. The summed E-state index contributed by atoms with van der Waals surface area (Å²) in [5, 5.41) is 11.5. The Bertz CT molecular complexity index is 951. The van der Waals surface area contributed by atoms with Gasteiger partial charge in [-0.05, 0) is 31.0 Å². The van der Waals surface area contributed by atoms with Gasteiger partial charge in [0, 0.05) is 32.0 Å². The zero-order valence-electron chi connectivity index (χ0n) is 17.6. The van der Waals surface area contributed by atoms with Crippen LogP contribution in [0.5, 0.6) is 17.2 Å². The van der Waals surface area contributed by atoms with Crippen molar-refractivity contribution in [2.45, 2.75) is 32.8 Å². The molecule has 0 aliphatic carbocycles. The van der Waals surface area contributed by atoms with Crippen LogP contribution >= 0.6 is 0 Å². The van der Waals surface area contributed by atoms with Crippen molar-refractivity contribution < 1.29 is 23.9 Å². The maximum absolute atomic E-state index is 13.0. The number of rotatable bonds is 6. The van der Waals surface area contributed by atoms with Crippen molar-refractivity contribution >= 4 is 11.6 Å². The average Bonchev–Trinajstić information content (AvgIpc) is 2.75. The number of piperidine rings is 1. The van der Waals surface area contributed by atoms with Gasteiger partial charge in [0.15, 0.2) is 11.5 Å². The molecule has 1 aliphatic heterocycles. The third-order valence-corrected chi connectivity index (χ3v) is 5.30. The number of hydrogen-bond donors (Lipinski definition) is 0. The molecule has 1 heterocycles. The molecule has 0 spiro atoms. The fourth-order valence-electron chi connectivity index (χ4n) is 3.55. The van der Waals surface area contributed by atoms with Crippen molar-refractivity contribution in [2.24, 2.45) is 0 Å². The maximum Gasteiger partial charge on any atom is 0.286 e. The number of hydrogen-bond acceptors (Lipinski definition) is 6. The molecule has 0 atom stereocenters. The molecule has 0 N–H and O–H groups in total. The number of likely N-dealkylation sites (tertiary alicyclic amines) is 1. The van der Waals surface area contributed by atoms with Crippen LogP contribution in [0.1, 0.15) is 34.3 Å². The van der Waals surface area contributed by atoms with Gasteiger partial charge in [-0.25, -0.2) is 0 Å². The highest BCUT2D eigenvalue weighted by Crippen LogP contribution is 2.35. The van der Waals surface area contributed by atoms with Crippen LogP contribution in [0.4, 0.5) is 5.69 Å². The molecule has 0 saturated carbocycles. The molecule has 0 bridgehead atoms. The van der Waals surface area contributed by atoms with Gasteiger partial charge in [-0.2, -0.15) is 0 Å². The van der Waals surface area contributed by atoms with E-state index < -0.39 is 10.8 Å². The Morgan fingerprint density at radius 2 is 1.67 bits per heavy atom. The van der Waals surface area contributed by atoms with Gasteiger partial charge in [-0.3, -0.25) is 14.9 Å². The zero-order valence-corrected chi connectivity index (χ0v) is 17.6. The fourth-order valence-corrected chi connectivity index (χ4v) is 3.55. The predicted molar refractivity (Wildman–Crippen MR) is 112 cm³/mol. The van der Waals surface area contributed by atoms with Crippen LogP contribution in [0.2, 0.25) is 0 Å². The summed E-state index contributed by atoms with van der Waals surface area (Å²) in [6, 6.07) is 8.68. The Morgan fingerprint density at radius 3 is 2.27 bits per heavy atom. The average molecular weight is 414 g/mol. The first-order valence-corrected chi connectivity index (χ1v) is 9.77. The van der Waals surface area contributed by atoms with Gasteiger partial charge in [0.25, 0.3) is 11.6 Å². The van der Waals surface area contributed by atoms with Crippen molar-refractivity contribution in [2.75, 3.05) is 27.3 Å². The number of amides is 1. The highest BCUT2D eigenvalue weighted by atomic mass is 16.6. The van der Waals surface area contributed by atoms with Crippen molar-refractivity contribution in [3.63, 3.8) is 0 Å². The molecule has 0 aromatic heterocycles. The number of benzene rings is 2. The Kier molecular flexibility index (Phi) is 6.44. The van der Waals surface area contributed by atoms with Crippen molar-refractivity contribution in [3.05, 3.63) is 57.1 Å². The molecule has 30 heavy (non-hydrogen) atoms. The van der Waals surface area contributed by atoms with Crippen LogP contribution in [0.3, 0.4) is 0 Å². The van der Waals surface area contributed by atoms with Crippen LogP contribution in [0.25, 0.3) is 0 Å². The van der Waals surface area contributed by atoms with Gasteiger partial charge in [0.2, 0.25) is 0 Å². The highest BCUT2D eigenvalue weighted by Gasteiger charge is 2.31. The monoisotopic (exact) mass is 414 g/mol. The molecule has 1 fully saturated rings. The lowest BCUT2D eigenvalue weighted by Crippen LogP contribution is -2.42. The van der Waals surface area contributed by atoms with E-state index in [4.69, 9.17) is 14.2 Å². The summed E-state index contributed by atoms with van der Waals surface area (Å²) >= 11 is 0. The van der Waals surface area contributed by atoms with Crippen LogP contribution in [-0.2, 0) is 0 Å². The molecule has 160 valence electrons. The van der Waals surface area contributed by atoms with Crippen LogP contribution < -0.4 is 14.2 Å². The van der Waals surface area contributed by atoms with Crippen molar-refractivity contribution in [1.29, 1.82) is 0 Å². The van der Waals surface area contributed by atoms with Gasteiger partial charge < -0.3 is 19.1 Å². The van der Waals surface area contributed by atoms with Gasteiger partial charge in [0.05, 0.1) is 25.2 Å². The number of ether oxygens (including phenoxy) is 3. The van der Waals surface area contributed by atoms with Crippen molar-refractivity contribution in [1.82, 2.24) is 4.90 Å². The Balaban J connectivity index is 1.73. The molecule has 8 nitrogen and oxygen atoms in total. The standard InChI is InChI=1S/C22H26N2O6/c1-14-5-6-15(2)19(11-14)30-16-7-9-23(10-8-16)22(25)17-12-20(28-3)21(29-4)13-18(17)24(26)27/h5-6,11-13,16H,7-10H2,1-4H3. The molecule has 1 amide bonds. The first kappa shape index (κ1) is 21.4. The molecule has 0 unspecified atom stereocenters. The van der Waals surface area contributed by atoms with E-state index >= 15 is 0 Å². The second-order valence-corrected chi connectivity index (χ2v) is 7.36.